The van der Waals surface area contributed by atoms with E-state index in [-0.39, 0.29) is 0 Å². The van der Waals surface area contributed by atoms with E-state index in [0.717, 1.165) is 19.0 Å². The molecule has 1 rings (SSSR count). The van der Waals surface area contributed by atoms with Crippen molar-refractivity contribution in [3.05, 3.63) is 29.8 Å². The molecule has 0 saturated heterocycles. The molecule has 0 saturated carbocycles. The van der Waals surface area contributed by atoms with Crippen molar-refractivity contribution >= 4 is 11.8 Å². The van der Waals surface area contributed by atoms with E-state index in [9.17, 15) is 0 Å². The zero-order valence-electron chi connectivity index (χ0n) is 12.0. The molecule has 0 amide bonds. The van der Waals surface area contributed by atoms with Gasteiger partial charge in [-0.1, -0.05) is 45.7 Å². The average molecular weight is 265 g/mol. The van der Waals surface area contributed by atoms with Crippen LogP contribution < -0.4 is 5.32 Å². The van der Waals surface area contributed by atoms with Crippen molar-refractivity contribution in [3.8, 4) is 0 Å². The zero-order valence-corrected chi connectivity index (χ0v) is 12.9. The highest BCUT2D eigenvalue weighted by Gasteiger charge is 2.04. The Hall–Kier alpha value is -0.470. The maximum atomic E-state index is 3.46. The molecular weight excluding hydrogens is 238 g/mol. The molecule has 0 unspecified atom stereocenters. The molecule has 1 aromatic carbocycles. The molecule has 1 nitrogen and oxygen atoms in total. The molecule has 0 aliphatic rings. The Morgan fingerprint density at radius 2 is 1.94 bits per heavy atom. The SMILES string of the molecule is CCCNCc1cccc(SCC(CC)CC)c1. The summed E-state index contributed by atoms with van der Waals surface area (Å²) in [5.41, 5.74) is 1.40. The van der Waals surface area contributed by atoms with Crippen LogP contribution >= 0.6 is 11.8 Å². The maximum Gasteiger partial charge on any atom is 0.0205 e. The van der Waals surface area contributed by atoms with Crippen LogP contribution in [0.15, 0.2) is 29.2 Å². The van der Waals surface area contributed by atoms with Crippen molar-refractivity contribution in [2.45, 2.75) is 51.5 Å². The predicted octanol–water partition coefficient (Wildman–Crippen LogP) is 4.71. The van der Waals surface area contributed by atoms with Crippen LogP contribution in [0.4, 0.5) is 0 Å². The number of benzene rings is 1. The largest absolute Gasteiger partial charge is 0.313 e. The van der Waals surface area contributed by atoms with Crippen LogP contribution in [-0.2, 0) is 6.54 Å². The fourth-order valence-electron chi connectivity index (χ4n) is 1.89. The quantitative estimate of drug-likeness (QED) is 0.512. The Morgan fingerprint density at radius 1 is 1.17 bits per heavy atom. The average Bonchev–Trinajstić information content (AvgIpc) is 2.41. The first kappa shape index (κ1) is 15.6. The second-order valence-corrected chi connectivity index (χ2v) is 5.91. The summed E-state index contributed by atoms with van der Waals surface area (Å²) in [5.74, 6) is 2.11. The van der Waals surface area contributed by atoms with E-state index in [2.05, 4.69) is 50.4 Å². The minimum atomic E-state index is 0.858. The van der Waals surface area contributed by atoms with Crippen LogP contribution in [0.2, 0.25) is 0 Å². The monoisotopic (exact) mass is 265 g/mol. The summed E-state index contributed by atoms with van der Waals surface area (Å²) in [5, 5.41) is 3.46. The second-order valence-electron chi connectivity index (χ2n) is 4.82. The van der Waals surface area contributed by atoms with E-state index in [1.807, 2.05) is 11.8 Å². The molecule has 0 atom stereocenters. The van der Waals surface area contributed by atoms with Crippen LogP contribution in [-0.4, -0.2) is 12.3 Å². The molecule has 0 aromatic heterocycles. The molecule has 0 spiro atoms. The van der Waals surface area contributed by atoms with Gasteiger partial charge in [0.05, 0.1) is 0 Å². The van der Waals surface area contributed by atoms with Crippen LogP contribution in [0.1, 0.15) is 45.6 Å². The third-order valence-corrected chi connectivity index (χ3v) is 4.52. The molecule has 0 bridgehead atoms. The van der Waals surface area contributed by atoms with Gasteiger partial charge < -0.3 is 5.32 Å². The summed E-state index contributed by atoms with van der Waals surface area (Å²) in [4.78, 5) is 1.41. The summed E-state index contributed by atoms with van der Waals surface area (Å²) in [6, 6.07) is 8.95. The summed E-state index contributed by atoms with van der Waals surface area (Å²) < 4.78 is 0. The standard InChI is InChI=1S/C16H27NS/c1-4-10-17-12-15-8-7-9-16(11-15)18-13-14(5-2)6-3/h7-9,11,14,17H,4-6,10,12-13H2,1-3H3. The number of rotatable bonds is 9. The second kappa shape index (κ2) is 9.46. The third kappa shape index (κ3) is 5.92. The minimum Gasteiger partial charge on any atom is -0.313 e. The van der Waals surface area contributed by atoms with Gasteiger partial charge in [0, 0.05) is 17.2 Å². The fourth-order valence-corrected chi connectivity index (χ4v) is 3.20. The first-order valence-electron chi connectivity index (χ1n) is 7.22. The molecule has 0 fully saturated rings. The van der Waals surface area contributed by atoms with Gasteiger partial charge in [-0.3, -0.25) is 0 Å². The van der Waals surface area contributed by atoms with E-state index in [0.29, 0.717) is 0 Å². The highest BCUT2D eigenvalue weighted by atomic mass is 32.2. The van der Waals surface area contributed by atoms with Gasteiger partial charge in [-0.05, 0) is 36.6 Å². The van der Waals surface area contributed by atoms with E-state index in [4.69, 9.17) is 0 Å². The summed E-state index contributed by atoms with van der Waals surface area (Å²) in [7, 11) is 0. The lowest BCUT2D eigenvalue weighted by atomic mass is 10.1. The number of hydrogen-bond donors (Lipinski definition) is 1. The van der Waals surface area contributed by atoms with Gasteiger partial charge in [-0.2, -0.15) is 0 Å². The lowest BCUT2D eigenvalue weighted by Gasteiger charge is -2.12. The van der Waals surface area contributed by atoms with Gasteiger partial charge in [-0.15, -0.1) is 11.8 Å². The first-order valence-corrected chi connectivity index (χ1v) is 8.21. The number of nitrogens with one attached hydrogen (secondary N) is 1. The highest BCUT2D eigenvalue weighted by molar-refractivity contribution is 7.99. The zero-order chi connectivity index (χ0) is 13.2. The van der Waals surface area contributed by atoms with Crippen molar-refractivity contribution in [2.24, 2.45) is 5.92 Å². The normalized spacial score (nSPS) is 11.1. The number of hydrogen-bond acceptors (Lipinski definition) is 2. The van der Waals surface area contributed by atoms with Crippen LogP contribution in [0.25, 0.3) is 0 Å². The maximum absolute atomic E-state index is 3.46. The summed E-state index contributed by atoms with van der Waals surface area (Å²) >= 11 is 2.00. The van der Waals surface area contributed by atoms with Gasteiger partial charge in [0.15, 0.2) is 0 Å². The predicted molar refractivity (Wildman–Crippen MR) is 83.2 cm³/mol. The van der Waals surface area contributed by atoms with Crippen LogP contribution in [0.5, 0.6) is 0 Å². The Bertz CT molecular complexity index is 321. The summed E-state index contributed by atoms with van der Waals surface area (Å²) in [6.45, 7) is 8.88. The minimum absolute atomic E-state index is 0.858. The highest BCUT2D eigenvalue weighted by Crippen LogP contribution is 2.24. The van der Waals surface area contributed by atoms with Crippen LogP contribution in [0.3, 0.4) is 0 Å². The van der Waals surface area contributed by atoms with Gasteiger partial charge >= 0.3 is 0 Å². The van der Waals surface area contributed by atoms with Crippen molar-refractivity contribution in [3.63, 3.8) is 0 Å². The van der Waals surface area contributed by atoms with E-state index in [1.54, 1.807) is 0 Å². The van der Waals surface area contributed by atoms with E-state index >= 15 is 0 Å². The topological polar surface area (TPSA) is 12.0 Å². The van der Waals surface area contributed by atoms with Gasteiger partial charge in [0.1, 0.15) is 0 Å². The molecule has 1 N–H and O–H groups in total. The van der Waals surface area contributed by atoms with Gasteiger partial charge in [-0.25, -0.2) is 0 Å². The third-order valence-electron chi connectivity index (χ3n) is 3.29. The lowest BCUT2D eigenvalue weighted by molar-refractivity contribution is 0.554. The molecule has 0 aliphatic heterocycles. The molecular formula is C16H27NS. The fraction of sp³-hybridized carbons (Fsp3) is 0.625. The smallest absolute Gasteiger partial charge is 0.0205 e. The molecule has 18 heavy (non-hydrogen) atoms. The molecule has 0 heterocycles. The molecule has 0 radical (unpaired) electrons. The Morgan fingerprint density at radius 3 is 2.61 bits per heavy atom. The van der Waals surface area contributed by atoms with Gasteiger partial charge in [0.2, 0.25) is 0 Å². The van der Waals surface area contributed by atoms with Crippen LogP contribution in [0, 0.1) is 5.92 Å². The van der Waals surface area contributed by atoms with E-state index in [1.165, 1.54) is 35.5 Å². The van der Waals surface area contributed by atoms with Crippen molar-refractivity contribution in [2.75, 3.05) is 12.3 Å². The molecule has 102 valence electrons. The first-order chi connectivity index (χ1) is 8.80. The Balaban J connectivity index is 2.43. The number of thioether (sulfide) groups is 1. The molecule has 2 heteroatoms. The van der Waals surface area contributed by atoms with Crippen molar-refractivity contribution < 1.29 is 0 Å². The lowest BCUT2D eigenvalue weighted by Crippen LogP contribution is -2.13. The molecule has 0 aliphatic carbocycles. The Labute approximate surface area is 117 Å². The Kier molecular flexibility index (Phi) is 8.19. The van der Waals surface area contributed by atoms with E-state index < -0.39 is 0 Å². The van der Waals surface area contributed by atoms with Gasteiger partial charge in [0.25, 0.3) is 0 Å². The van der Waals surface area contributed by atoms with Crippen molar-refractivity contribution in [1.29, 1.82) is 0 Å². The summed E-state index contributed by atoms with van der Waals surface area (Å²) in [6.07, 6.45) is 3.78. The van der Waals surface area contributed by atoms with Crippen molar-refractivity contribution in [1.82, 2.24) is 5.32 Å². The molecule has 1 aromatic rings.